The van der Waals surface area contributed by atoms with Gasteiger partial charge in [-0.2, -0.15) is 0 Å². The third kappa shape index (κ3) is 4.50. The highest BCUT2D eigenvalue weighted by atomic mass is 32.1. The van der Waals surface area contributed by atoms with Gasteiger partial charge >= 0.3 is 0 Å². The SMILES string of the molecule is C[C@@H](CNC(=O)CCc1nc2ccccc2s1)N1CCOCC1. The summed E-state index contributed by atoms with van der Waals surface area (Å²) in [4.78, 5) is 19.0. The van der Waals surface area contributed by atoms with Crippen LogP contribution in [0.5, 0.6) is 0 Å². The lowest BCUT2D eigenvalue weighted by molar-refractivity contribution is -0.121. The van der Waals surface area contributed by atoms with Crippen LogP contribution in [-0.4, -0.2) is 54.7 Å². The van der Waals surface area contributed by atoms with E-state index in [1.807, 2.05) is 18.2 Å². The standard InChI is InChI=1S/C17H23N3O2S/c1-13(20-8-10-22-11-9-20)12-18-16(21)6-7-17-19-14-4-2-3-5-15(14)23-17/h2-5,13H,6-12H2,1H3,(H,18,21)/t13-/m0/s1. The summed E-state index contributed by atoms with van der Waals surface area (Å²) < 4.78 is 6.54. The van der Waals surface area contributed by atoms with Crippen LogP contribution in [0.1, 0.15) is 18.4 Å². The molecule has 1 saturated heterocycles. The monoisotopic (exact) mass is 333 g/mol. The second kappa shape index (κ2) is 7.86. The molecule has 6 heteroatoms. The number of carbonyl (C=O) groups is 1. The molecule has 0 spiro atoms. The molecule has 2 aromatic rings. The van der Waals surface area contributed by atoms with Crippen LogP contribution in [0.3, 0.4) is 0 Å². The van der Waals surface area contributed by atoms with Crippen molar-refractivity contribution in [3.63, 3.8) is 0 Å². The molecule has 1 atom stereocenters. The third-order valence-corrected chi connectivity index (χ3v) is 5.26. The number of fused-ring (bicyclic) bond motifs is 1. The number of ether oxygens (including phenoxy) is 1. The van der Waals surface area contributed by atoms with Crippen molar-refractivity contribution in [3.05, 3.63) is 29.3 Å². The van der Waals surface area contributed by atoms with Crippen LogP contribution < -0.4 is 5.32 Å². The molecule has 0 aliphatic carbocycles. The minimum atomic E-state index is 0.101. The van der Waals surface area contributed by atoms with Gasteiger partial charge in [0.2, 0.25) is 5.91 Å². The quantitative estimate of drug-likeness (QED) is 0.879. The first-order valence-corrected chi connectivity index (χ1v) is 8.97. The number of benzene rings is 1. The van der Waals surface area contributed by atoms with E-state index in [0.29, 0.717) is 25.4 Å². The summed E-state index contributed by atoms with van der Waals surface area (Å²) in [5, 5.41) is 4.07. The van der Waals surface area contributed by atoms with E-state index < -0.39 is 0 Å². The molecule has 1 aromatic heterocycles. The van der Waals surface area contributed by atoms with Gasteiger partial charge in [-0.05, 0) is 19.1 Å². The van der Waals surface area contributed by atoms with E-state index >= 15 is 0 Å². The molecule has 3 rings (SSSR count). The van der Waals surface area contributed by atoms with Crippen LogP contribution in [-0.2, 0) is 16.0 Å². The van der Waals surface area contributed by atoms with E-state index in [2.05, 4.69) is 28.2 Å². The summed E-state index contributed by atoms with van der Waals surface area (Å²) in [5.41, 5.74) is 1.02. The molecular formula is C17H23N3O2S. The lowest BCUT2D eigenvalue weighted by Crippen LogP contribution is -2.47. The maximum absolute atomic E-state index is 12.0. The normalized spacial score (nSPS) is 17.3. The van der Waals surface area contributed by atoms with Gasteiger partial charge in [0.15, 0.2) is 0 Å². The number of nitrogens with one attached hydrogen (secondary N) is 1. The van der Waals surface area contributed by atoms with Crippen molar-refractivity contribution < 1.29 is 9.53 Å². The van der Waals surface area contributed by atoms with Gasteiger partial charge < -0.3 is 10.1 Å². The van der Waals surface area contributed by atoms with E-state index in [0.717, 1.165) is 36.8 Å². The summed E-state index contributed by atoms with van der Waals surface area (Å²) in [7, 11) is 0. The molecule has 5 nitrogen and oxygen atoms in total. The predicted molar refractivity (Wildman–Crippen MR) is 92.8 cm³/mol. The predicted octanol–water partition coefficient (Wildman–Crippen LogP) is 2.07. The number of morpholine rings is 1. The Balaban J connectivity index is 1.42. The summed E-state index contributed by atoms with van der Waals surface area (Å²) in [6.45, 7) is 6.31. The molecule has 1 N–H and O–H groups in total. The topological polar surface area (TPSA) is 54.5 Å². The molecule has 0 unspecified atom stereocenters. The smallest absolute Gasteiger partial charge is 0.220 e. The van der Waals surface area contributed by atoms with Gasteiger partial charge in [-0.3, -0.25) is 9.69 Å². The first-order valence-electron chi connectivity index (χ1n) is 8.15. The highest BCUT2D eigenvalue weighted by molar-refractivity contribution is 7.18. The molecule has 0 saturated carbocycles. The van der Waals surface area contributed by atoms with E-state index in [4.69, 9.17) is 4.74 Å². The molecule has 1 aliphatic rings. The molecule has 1 amide bonds. The van der Waals surface area contributed by atoms with Crippen LogP contribution in [0.25, 0.3) is 10.2 Å². The number of para-hydroxylation sites is 1. The fourth-order valence-corrected chi connectivity index (χ4v) is 3.71. The fraction of sp³-hybridized carbons (Fsp3) is 0.529. The summed E-state index contributed by atoms with van der Waals surface area (Å²) in [5.74, 6) is 0.101. The van der Waals surface area contributed by atoms with Crippen LogP contribution in [0.4, 0.5) is 0 Å². The lowest BCUT2D eigenvalue weighted by atomic mass is 10.2. The summed E-state index contributed by atoms with van der Waals surface area (Å²) in [6, 6.07) is 8.44. The van der Waals surface area contributed by atoms with Crippen molar-refractivity contribution in [2.24, 2.45) is 0 Å². The number of rotatable bonds is 6. The highest BCUT2D eigenvalue weighted by Crippen LogP contribution is 2.22. The molecular weight excluding hydrogens is 310 g/mol. The second-order valence-corrected chi connectivity index (χ2v) is 6.99. The molecule has 0 radical (unpaired) electrons. The summed E-state index contributed by atoms with van der Waals surface area (Å²) in [6.07, 6.45) is 1.20. The first-order chi connectivity index (χ1) is 11.2. The van der Waals surface area contributed by atoms with Crippen molar-refractivity contribution >= 4 is 27.5 Å². The number of hydrogen-bond donors (Lipinski definition) is 1. The zero-order chi connectivity index (χ0) is 16.1. The van der Waals surface area contributed by atoms with Gasteiger partial charge in [0, 0.05) is 38.5 Å². The number of thiazole rings is 1. The van der Waals surface area contributed by atoms with Crippen molar-refractivity contribution in [2.75, 3.05) is 32.8 Å². The average molecular weight is 333 g/mol. The van der Waals surface area contributed by atoms with Crippen molar-refractivity contribution in [1.29, 1.82) is 0 Å². The Labute approximate surface area is 140 Å². The van der Waals surface area contributed by atoms with Crippen LogP contribution in [0.2, 0.25) is 0 Å². The maximum Gasteiger partial charge on any atom is 0.220 e. The molecule has 1 aromatic carbocycles. The second-order valence-electron chi connectivity index (χ2n) is 5.88. The number of hydrogen-bond acceptors (Lipinski definition) is 5. The number of aromatic nitrogens is 1. The molecule has 124 valence electrons. The Morgan fingerprint density at radius 1 is 1.39 bits per heavy atom. The zero-order valence-electron chi connectivity index (χ0n) is 13.5. The number of nitrogens with zero attached hydrogens (tertiary/aromatic N) is 2. The Kier molecular flexibility index (Phi) is 5.59. The Morgan fingerprint density at radius 3 is 2.96 bits per heavy atom. The van der Waals surface area contributed by atoms with E-state index in [9.17, 15) is 4.79 Å². The van der Waals surface area contributed by atoms with Crippen molar-refractivity contribution in [2.45, 2.75) is 25.8 Å². The van der Waals surface area contributed by atoms with Gasteiger partial charge in [0.25, 0.3) is 0 Å². The van der Waals surface area contributed by atoms with Crippen molar-refractivity contribution in [1.82, 2.24) is 15.2 Å². The van der Waals surface area contributed by atoms with E-state index in [-0.39, 0.29) is 5.91 Å². The van der Waals surface area contributed by atoms with Gasteiger partial charge in [0.1, 0.15) is 0 Å². The van der Waals surface area contributed by atoms with E-state index in [1.54, 1.807) is 11.3 Å². The van der Waals surface area contributed by atoms with Crippen LogP contribution in [0.15, 0.2) is 24.3 Å². The largest absolute Gasteiger partial charge is 0.379 e. The lowest BCUT2D eigenvalue weighted by Gasteiger charge is -2.32. The average Bonchev–Trinajstić information content (AvgIpc) is 3.01. The summed E-state index contributed by atoms with van der Waals surface area (Å²) >= 11 is 1.67. The number of aryl methyl sites for hydroxylation is 1. The molecule has 0 bridgehead atoms. The van der Waals surface area contributed by atoms with Gasteiger partial charge in [-0.15, -0.1) is 11.3 Å². The van der Waals surface area contributed by atoms with Crippen molar-refractivity contribution in [3.8, 4) is 0 Å². The minimum absolute atomic E-state index is 0.101. The Hall–Kier alpha value is -1.50. The fourth-order valence-electron chi connectivity index (χ4n) is 2.74. The van der Waals surface area contributed by atoms with Gasteiger partial charge in [-0.1, -0.05) is 12.1 Å². The number of carbonyl (C=O) groups excluding carboxylic acids is 1. The maximum atomic E-state index is 12.0. The molecule has 1 fully saturated rings. The molecule has 23 heavy (non-hydrogen) atoms. The van der Waals surface area contributed by atoms with E-state index in [1.165, 1.54) is 4.70 Å². The minimum Gasteiger partial charge on any atom is -0.379 e. The number of amides is 1. The van der Waals surface area contributed by atoms with Crippen LogP contribution in [0, 0.1) is 0 Å². The zero-order valence-corrected chi connectivity index (χ0v) is 14.3. The first kappa shape index (κ1) is 16.4. The Morgan fingerprint density at radius 2 is 2.17 bits per heavy atom. The third-order valence-electron chi connectivity index (χ3n) is 4.17. The molecule has 2 heterocycles. The van der Waals surface area contributed by atoms with Gasteiger partial charge in [-0.25, -0.2) is 4.98 Å². The van der Waals surface area contributed by atoms with Gasteiger partial charge in [0.05, 0.1) is 28.4 Å². The highest BCUT2D eigenvalue weighted by Gasteiger charge is 2.17. The molecule has 1 aliphatic heterocycles. The van der Waals surface area contributed by atoms with Crippen LogP contribution >= 0.6 is 11.3 Å². The Bertz CT molecular complexity index is 619.